The van der Waals surface area contributed by atoms with Crippen LogP contribution in [0, 0.1) is 0 Å². The van der Waals surface area contributed by atoms with E-state index in [0.717, 1.165) is 18.2 Å². The van der Waals surface area contributed by atoms with Crippen LogP contribution in [0.3, 0.4) is 0 Å². The van der Waals surface area contributed by atoms with Crippen molar-refractivity contribution in [1.29, 1.82) is 0 Å². The average molecular weight is 574 g/mol. The Hall–Kier alpha value is -0.190. The van der Waals surface area contributed by atoms with Gasteiger partial charge in [-0.15, -0.1) is 0 Å². The van der Waals surface area contributed by atoms with Gasteiger partial charge >= 0.3 is 11.0 Å². The van der Waals surface area contributed by atoms with Crippen LogP contribution in [0.15, 0.2) is 23.1 Å². The zero-order chi connectivity index (χ0) is 23.6. The zero-order valence-electron chi connectivity index (χ0n) is 13.0. The van der Waals surface area contributed by atoms with Gasteiger partial charge in [0.2, 0.25) is 4.17 Å². The molecule has 0 atom stereocenters. The molecule has 0 radical (unpaired) electrons. The predicted octanol–water partition coefficient (Wildman–Crippen LogP) is 4.34. The van der Waals surface area contributed by atoms with Crippen molar-refractivity contribution in [2.24, 2.45) is 0 Å². The Morgan fingerprint density at radius 3 is 1.52 bits per heavy atom. The first-order valence-electron chi connectivity index (χ1n) is 6.11. The van der Waals surface area contributed by atoms with Crippen molar-refractivity contribution >= 4 is 75.9 Å². The van der Waals surface area contributed by atoms with Crippen LogP contribution in [-0.2, 0) is 29.5 Å². The molecule has 19 heteroatoms. The molecule has 1 aromatic carbocycles. The first kappa shape index (κ1) is 28.8. The van der Waals surface area contributed by atoms with E-state index in [4.69, 9.17) is 23.2 Å². The number of halogens is 10. The topological polar surface area (TPSA) is 102 Å². The lowest BCUT2D eigenvalue weighted by Gasteiger charge is -2.09. The Morgan fingerprint density at radius 2 is 1.24 bits per heavy atom. The lowest BCUT2D eigenvalue weighted by Crippen LogP contribution is -2.30. The van der Waals surface area contributed by atoms with Crippen LogP contribution in [-0.4, -0.2) is 45.5 Å². The van der Waals surface area contributed by atoms with Crippen LogP contribution < -0.4 is 0 Å². The van der Waals surface area contributed by atoms with E-state index in [1.807, 2.05) is 0 Å². The molecule has 0 N–H and O–H groups in total. The second kappa shape index (κ2) is 9.53. The Kier molecular flexibility index (Phi) is 9.46. The number of benzene rings is 1. The van der Waals surface area contributed by atoms with Crippen LogP contribution >= 0.6 is 46.4 Å². The molecule has 0 bridgehead atoms. The minimum atomic E-state index is -5.79. The Morgan fingerprint density at radius 1 is 0.793 bits per heavy atom. The lowest BCUT2D eigenvalue weighted by atomic mass is 10.4. The molecule has 0 spiro atoms. The fourth-order valence-corrected chi connectivity index (χ4v) is 5.57. The summed E-state index contributed by atoms with van der Waals surface area (Å²) in [5, 5.41) is -2.31. The van der Waals surface area contributed by atoms with Crippen molar-refractivity contribution in [3.05, 3.63) is 28.2 Å². The molecule has 0 heterocycles. The molecular formula is C10H6Cl4F6O6S3. The van der Waals surface area contributed by atoms with Gasteiger partial charge in [-0.3, -0.25) is 0 Å². The maximum Gasteiger partial charge on any atom is 0.500 e. The Bertz CT molecular complexity index is 1050. The van der Waals surface area contributed by atoms with Gasteiger partial charge in [-0.05, 0) is 18.2 Å². The smallest absolute Gasteiger partial charge is 0.223 e. The summed E-state index contributed by atoms with van der Waals surface area (Å²) in [6.07, 6.45) is 0. The van der Waals surface area contributed by atoms with Crippen molar-refractivity contribution in [2.45, 2.75) is 20.1 Å². The van der Waals surface area contributed by atoms with Crippen LogP contribution in [0.4, 0.5) is 26.3 Å². The summed E-state index contributed by atoms with van der Waals surface area (Å²) in [5.74, 6) is 0. The highest BCUT2D eigenvalue weighted by atomic mass is 35.5. The molecular weight excluding hydrogens is 568 g/mol. The predicted molar refractivity (Wildman–Crippen MR) is 94.0 cm³/mol. The number of hydrogen-bond donors (Lipinski definition) is 0. The number of sulfone groups is 3. The molecule has 170 valence electrons. The van der Waals surface area contributed by atoms with E-state index >= 15 is 0 Å². The maximum absolute atomic E-state index is 12.1. The number of rotatable bonds is 4. The summed E-state index contributed by atoms with van der Waals surface area (Å²) in [5.41, 5.74) is -11.0. The summed E-state index contributed by atoms with van der Waals surface area (Å²) in [7, 11) is -15.9. The van der Waals surface area contributed by atoms with Crippen molar-refractivity contribution < 1.29 is 51.6 Å². The molecule has 0 amide bonds. The van der Waals surface area contributed by atoms with Gasteiger partial charge in [0.1, 0.15) is 0 Å². The molecule has 6 nitrogen and oxygen atoms in total. The molecule has 1 aromatic rings. The molecule has 0 fully saturated rings. The summed E-state index contributed by atoms with van der Waals surface area (Å²) >= 11 is 20.0. The van der Waals surface area contributed by atoms with Crippen LogP contribution in [0.25, 0.3) is 0 Å². The van der Waals surface area contributed by atoms with Gasteiger partial charge in [0.25, 0.3) is 19.7 Å². The fourth-order valence-electron chi connectivity index (χ4n) is 1.11. The number of alkyl halides is 8. The van der Waals surface area contributed by atoms with E-state index in [1.54, 1.807) is 0 Å². The average Bonchev–Trinajstić information content (AvgIpc) is 2.47. The van der Waals surface area contributed by atoms with Gasteiger partial charge in [0.05, 0.1) is 14.9 Å². The quantitative estimate of drug-likeness (QED) is 0.392. The number of hydrogen-bond acceptors (Lipinski definition) is 6. The van der Waals surface area contributed by atoms with Crippen molar-refractivity contribution in [3.8, 4) is 0 Å². The zero-order valence-corrected chi connectivity index (χ0v) is 18.4. The van der Waals surface area contributed by atoms with Crippen LogP contribution in [0.2, 0.25) is 10.0 Å². The molecule has 0 aromatic heterocycles. The molecule has 0 unspecified atom stereocenters. The fraction of sp³-hybridized carbons (Fsp3) is 0.400. The Balaban J connectivity index is 0.000000665. The normalized spacial score (nSPS) is 13.8. The molecule has 0 aliphatic heterocycles. The molecule has 0 saturated carbocycles. The van der Waals surface area contributed by atoms with Gasteiger partial charge in [-0.25, -0.2) is 25.3 Å². The molecule has 0 aliphatic carbocycles. The van der Waals surface area contributed by atoms with E-state index in [-0.39, 0.29) is 10.0 Å². The summed E-state index contributed by atoms with van der Waals surface area (Å²) in [6, 6.07) is 2.69. The second-order valence-electron chi connectivity index (χ2n) is 4.62. The van der Waals surface area contributed by atoms with Crippen LogP contribution in [0.5, 0.6) is 0 Å². The summed E-state index contributed by atoms with van der Waals surface area (Å²) in [4.78, 5) is -0.658. The largest absolute Gasteiger partial charge is 0.500 e. The van der Waals surface area contributed by atoms with Gasteiger partial charge in [-0.1, -0.05) is 46.4 Å². The van der Waals surface area contributed by atoms with E-state index < -0.39 is 54.7 Å². The summed E-state index contributed by atoms with van der Waals surface area (Å²) in [6.45, 7) is 0. The minimum Gasteiger partial charge on any atom is -0.223 e. The van der Waals surface area contributed by atoms with Crippen molar-refractivity contribution in [3.63, 3.8) is 0 Å². The van der Waals surface area contributed by atoms with Gasteiger partial charge < -0.3 is 0 Å². The monoisotopic (exact) mass is 572 g/mol. The standard InChI is InChI=1S/C8H5Cl2F3O4S2.C2HCl2F3O2S/c9-6-2-1-5(3-7(6)10)18(14,15)4-19(16,17)8(11,12)13;3-1(4)10(8,9)2(5,6)7/h1-3H,4H2;1H. The highest BCUT2D eigenvalue weighted by Crippen LogP contribution is 2.31. The second-order valence-corrected chi connectivity index (χ2v) is 13.4. The third-order valence-corrected chi connectivity index (χ3v) is 9.89. The molecule has 0 aliphatic rings. The van der Waals surface area contributed by atoms with Crippen molar-refractivity contribution in [1.82, 2.24) is 0 Å². The summed E-state index contributed by atoms with van der Waals surface area (Å²) < 4.78 is 133. The first-order valence-corrected chi connectivity index (χ1v) is 12.6. The SMILES string of the molecule is O=S(=O)(C(Cl)Cl)C(F)(F)F.O=S(=O)(CS(=O)(=O)C(F)(F)F)c1ccc(Cl)c(Cl)c1. The maximum atomic E-state index is 12.1. The van der Waals surface area contributed by atoms with Gasteiger partial charge in [0.15, 0.2) is 14.9 Å². The third kappa shape index (κ3) is 7.78. The van der Waals surface area contributed by atoms with Crippen LogP contribution in [0.1, 0.15) is 0 Å². The first-order chi connectivity index (χ1) is 12.6. The molecule has 0 saturated heterocycles. The molecule has 29 heavy (non-hydrogen) atoms. The van der Waals surface area contributed by atoms with Gasteiger partial charge in [0, 0.05) is 0 Å². The highest BCUT2D eigenvalue weighted by molar-refractivity contribution is 8.08. The highest BCUT2D eigenvalue weighted by Gasteiger charge is 2.50. The third-order valence-electron chi connectivity index (χ3n) is 2.47. The lowest BCUT2D eigenvalue weighted by molar-refractivity contribution is -0.0438. The van der Waals surface area contributed by atoms with E-state index in [0.29, 0.717) is 0 Å². The van der Waals surface area contributed by atoms with Crippen molar-refractivity contribution in [2.75, 3.05) is 5.08 Å². The Labute approximate surface area is 180 Å². The van der Waals surface area contributed by atoms with Gasteiger partial charge in [-0.2, -0.15) is 26.3 Å². The van der Waals surface area contributed by atoms with E-state index in [1.165, 1.54) is 0 Å². The molecule has 1 rings (SSSR count). The van der Waals surface area contributed by atoms with E-state index in [9.17, 15) is 51.6 Å². The van der Waals surface area contributed by atoms with E-state index in [2.05, 4.69) is 23.2 Å². The minimum absolute atomic E-state index is 0.0145.